The zero-order chi connectivity index (χ0) is 14.8. The Morgan fingerprint density at radius 2 is 2.40 bits per heavy atom. The maximum Gasteiger partial charge on any atom is 0.127 e. The van der Waals surface area contributed by atoms with Crippen LogP contribution in [0.25, 0.3) is 0 Å². The average molecular weight is 271 g/mol. The molecule has 0 spiro atoms. The van der Waals surface area contributed by atoms with Gasteiger partial charge in [-0.05, 0) is 31.1 Å². The quantitative estimate of drug-likeness (QED) is 0.342. The van der Waals surface area contributed by atoms with E-state index in [0.29, 0.717) is 6.42 Å². The van der Waals surface area contributed by atoms with Gasteiger partial charge < -0.3 is 10.2 Å². The maximum atomic E-state index is 10.9. The van der Waals surface area contributed by atoms with Gasteiger partial charge in [-0.2, -0.15) is 5.10 Å². The van der Waals surface area contributed by atoms with E-state index in [0.717, 1.165) is 29.7 Å². The van der Waals surface area contributed by atoms with Crippen molar-refractivity contribution in [2.24, 2.45) is 11.0 Å². The molecule has 4 heteroatoms. The minimum absolute atomic E-state index is 0.165. The molecule has 106 valence electrons. The van der Waals surface area contributed by atoms with E-state index in [2.05, 4.69) is 29.0 Å². The fourth-order valence-electron chi connectivity index (χ4n) is 1.74. The first-order valence-corrected chi connectivity index (χ1v) is 6.69. The minimum atomic E-state index is -0.165. The molecule has 0 aliphatic rings. The standard InChI is InChI=1S/C16H21N3O/c1-4-6-13(12-20)7-8-16(19-17-3)14-9-10-18-15(5-2)11-14/h4,7-13,17H,1,5-6H2,2-3H3/b8-7+,19-16+. The lowest BCUT2D eigenvalue weighted by Gasteiger charge is -2.05. The van der Waals surface area contributed by atoms with Crippen LogP contribution in [-0.2, 0) is 11.2 Å². The number of hydrazone groups is 1. The molecule has 0 amide bonds. The molecule has 4 nitrogen and oxygen atoms in total. The van der Waals surface area contributed by atoms with Crippen LogP contribution in [0.1, 0.15) is 24.6 Å². The van der Waals surface area contributed by atoms with Crippen molar-refractivity contribution in [1.82, 2.24) is 10.4 Å². The number of allylic oxidation sites excluding steroid dienone is 3. The highest BCUT2D eigenvalue weighted by Crippen LogP contribution is 2.08. The highest BCUT2D eigenvalue weighted by atomic mass is 16.1. The summed E-state index contributed by atoms with van der Waals surface area (Å²) in [6.45, 7) is 5.71. The number of hydrogen-bond acceptors (Lipinski definition) is 4. The molecule has 0 aliphatic carbocycles. The van der Waals surface area contributed by atoms with Crippen LogP contribution in [0.4, 0.5) is 0 Å². The number of rotatable bonds is 8. The molecule has 0 radical (unpaired) electrons. The SMILES string of the molecule is C=CCC(C=O)/C=C/C(=N\NC)c1ccnc(CC)c1. The Kier molecular flexibility index (Phi) is 6.96. The normalized spacial score (nSPS) is 13.2. The molecule has 0 saturated carbocycles. The molecule has 1 N–H and O–H groups in total. The number of aldehydes is 1. The zero-order valence-electron chi connectivity index (χ0n) is 12.0. The van der Waals surface area contributed by atoms with Crippen molar-refractivity contribution in [2.45, 2.75) is 19.8 Å². The lowest BCUT2D eigenvalue weighted by molar-refractivity contribution is -0.109. The lowest BCUT2D eigenvalue weighted by atomic mass is 10.0. The van der Waals surface area contributed by atoms with E-state index in [9.17, 15) is 4.79 Å². The summed E-state index contributed by atoms with van der Waals surface area (Å²) in [6, 6.07) is 3.91. The number of carbonyl (C=O) groups excluding carboxylic acids is 1. The van der Waals surface area contributed by atoms with E-state index in [1.807, 2.05) is 24.3 Å². The monoisotopic (exact) mass is 271 g/mol. The van der Waals surface area contributed by atoms with Gasteiger partial charge in [0.2, 0.25) is 0 Å². The average Bonchev–Trinajstić information content (AvgIpc) is 2.50. The van der Waals surface area contributed by atoms with Gasteiger partial charge in [-0.15, -0.1) is 6.58 Å². The summed E-state index contributed by atoms with van der Waals surface area (Å²) in [5.74, 6) is -0.165. The summed E-state index contributed by atoms with van der Waals surface area (Å²) < 4.78 is 0. The zero-order valence-corrected chi connectivity index (χ0v) is 12.0. The Morgan fingerprint density at radius 3 is 3.00 bits per heavy atom. The summed E-state index contributed by atoms with van der Waals surface area (Å²) in [5.41, 5.74) is 5.55. The molecule has 1 rings (SSSR count). The van der Waals surface area contributed by atoms with Crippen molar-refractivity contribution in [2.75, 3.05) is 7.05 Å². The lowest BCUT2D eigenvalue weighted by Crippen LogP contribution is -2.07. The third kappa shape index (κ3) is 4.80. The molecular formula is C16H21N3O. The van der Waals surface area contributed by atoms with Gasteiger partial charge >= 0.3 is 0 Å². The molecule has 0 saturated heterocycles. The first kappa shape index (κ1) is 15.8. The predicted octanol–water partition coefficient (Wildman–Crippen LogP) is 2.51. The van der Waals surface area contributed by atoms with Gasteiger partial charge in [0.05, 0.1) is 5.71 Å². The molecule has 0 bridgehead atoms. The third-order valence-corrected chi connectivity index (χ3v) is 2.82. The summed E-state index contributed by atoms with van der Waals surface area (Å²) in [5, 5.41) is 4.25. The second-order valence-corrected chi connectivity index (χ2v) is 4.29. The van der Waals surface area contributed by atoms with Gasteiger partial charge in [0, 0.05) is 30.4 Å². The van der Waals surface area contributed by atoms with E-state index >= 15 is 0 Å². The van der Waals surface area contributed by atoms with E-state index in [1.54, 1.807) is 19.3 Å². The van der Waals surface area contributed by atoms with Crippen LogP contribution in [0.15, 0.2) is 48.2 Å². The molecule has 1 aromatic rings. The number of aryl methyl sites for hydroxylation is 1. The molecular weight excluding hydrogens is 250 g/mol. The highest BCUT2D eigenvalue weighted by molar-refractivity contribution is 6.08. The summed E-state index contributed by atoms with van der Waals surface area (Å²) in [4.78, 5) is 15.2. The van der Waals surface area contributed by atoms with Crippen LogP contribution in [-0.4, -0.2) is 24.0 Å². The van der Waals surface area contributed by atoms with Gasteiger partial charge in [0.1, 0.15) is 6.29 Å². The summed E-state index contributed by atoms with van der Waals surface area (Å²) in [6.07, 6.45) is 9.62. The van der Waals surface area contributed by atoms with Crippen LogP contribution in [0, 0.1) is 5.92 Å². The van der Waals surface area contributed by atoms with E-state index in [1.165, 1.54) is 0 Å². The first-order valence-electron chi connectivity index (χ1n) is 6.69. The van der Waals surface area contributed by atoms with Gasteiger partial charge in [-0.25, -0.2) is 0 Å². The smallest absolute Gasteiger partial charge is 0.127 e. The molecule has 1 atom stereocenters. The number of nitrogens with zero attached hydrogens (tertiary/aromatic N) is 2. The number of carbonyl (C=O) groups is 1. The van der Waals surface area contributed by atoms with Crippen molar-refractivity contribution in [3.8, 4) is 0 Å². The molecule has 1 unspecified atom stereocenters. The number of aromatic nitrogens is 1. The van der Waals surface area contributed by atoms with Gasteiger partial charge in [0.25, 0.3) is 0 Å². The van der Waals surface area contributed by atoms with Crippen LogP contribution < -0.4 is 5.43 Å². The number of hydrogen-bond donors (Lipinski definition) is 1. The summed E-state index contributed by atoms with van der Waals surface area (Å²) in [7, 11) is 1.75. The predicted molar refractivity (Wildman–Crippen MR) is 82.7 cm³/mol. The second kappa shape index (κ2) is 8.80. The van der Waals surface area contributed by atoms with Crippen LogP contribution in [0.3, 0.4) is 0 Å². The minimum Gasteiger partial charge on any atom is -0.313 e. The van der Waals surface area contributed by atoms with Gasteiger partial charge in [-0.3, -0.25) is 4.98 Å². The summed E-state index contributed by atoms with van der Waals surface area (Å²) >= 11 is 0. The Morgan fingerprint density at radius 1 is 1.60 bits per heavy atom. The van der Waals surface area contributed by atoms with Crippen LogP contribution >= 0.6 is 0 Å². The first-order chi connectivity index (χ1) is 9.74. The van der Waals surface area contributed by atoms with Gasteiger partial charge in [0.15, 0.2) is 0 Å². The van der Waals surface area contributed by atoms with Crippen molar-refractivity contribution in [3.05, 3.63) is 54.4 Å². The molecule has 0 fully saturated rings. The molecule has 20 heavy (non-hydrogen) atoms. The fraction of sp³-hybridized carbons (Fsp3) is 0.312. The van der Waals surface area contributed by atoms with Crippen LogP contribution in [0.5, 0.6) is 0 Å². The van der Waals surface area contributed by atoms with E-state index < -0.39 is 0 Å². The number of pyridine rings is 1. The van der Waals surface area contributed by atoms with Crippen molar-refractivity contribution in [1.29, 1.82) is 0 Å². The third-order valence-electron chi connectivity index (χ3n) is 2.82. The topological polar surface area (TPSA) is 54.4 Å². The van der Waals surface area contributed by atoms with Crippen molar-refractivity contribution in [3.63, 3.8) is 0 Å². The Labute approximate surface area is 120 Å². The largest absolute Gasteiger partial charge is 0.313 e. The van der Waals surface area contributed by atoms with Crippen LogP contribution in [0.2, 0.25) is 0 Å². The Hall–Kier alpha value is -2.23. The molecule has 1 heterocycles. The highest BCUT2D eigenvalue weighted by Gasteiger charge is 2.04. The molecule has 0 aromatic carbocycles. The Bertz CT molecular complexity index is 506. The second-order valence-electron chi connectivity index (χ2n) is 4.29. The Balaban J connectivity index is 2.99. The maximum absolute atomic E-state index is 10.9. The van der Waals surface area contributed by atoms with E-state index in [4.69, 9.17) is 0 Å². The van der Waals surface area contributed by atoms with Crippen molar-refractivity contribution < 1.29 is 4.79 Å². The number of nitrogens with one attached hydrogen (secondary N) is 1. The fourth-order valence-corrected chi connectivity index (χ4v) is 1.74. The van der Waals surface area contributed by atoms with E-state index in [-0.39, 0.29) is 5.92 Å². The van der Waals surface area contributed by atoms with Gasteiger partial charge in [-0.1, -0.05) is 19.1 Å². The van der Waals surface area contributed by atoms with Crippen molar-refractivity contribution >= 4 is 12.0 Å². The molecule has 1 aromatic heterocycles. The molecule has 0 aliphatic heterocycles.